The Morgan fingerprint density at radius 2 is 1.92 bits per heavy atom. The van der Waals surface area contributed by atoms with Crippen molar-refractivity contribution in [2.45, 2.75) is 38.5 Å². The van der Waals surface area contributed by atoms with Crippen LogP contribution in [0.3, 0.4) is 0 Å². The van der Waals surface area contributed by atoms with Gasteiger partial charge in [-0.1, -0.05) is 0 Å². The lowest BCUT2D eigenvalue weighted by Crippen LogP contribution is -2.48. The van der Waals surface area contributed by atoms with Gasteiger partial charge in [-0.3, -0.25) is 0 Å². The largest absolute Gasteiger partial charge is 0.305 e. The van der Waals surface area contributed by atoms with Gasteiger partial charge >= 0.3 is 0 Å². The van der Waals surface area contributed by atoms with E-state index >= 15 is 0 Å². The molecule has 1 aliphatic rings. The van der Waals surface area contributed by atoms with Crippen molar-refractivity contribution in [3.8, 4) is 0 Å². The van der Waals surface area contributed by atoms with Gasteiger partial charge in [0, 0.05) is 18.6 Å². The molecule has 1 fully saturated rings. The van der Waals surface area contributed by atoms with E-state index in [2.05, 4.69) is 26.1 Å². The van der Waals surface area contributed by atoms with Gasteiger partial charge < -0.3 is 10.2 Å². The molecule has 0 unspecified atom stereocenters. The number of rotatable bonds is 1. The SMILES string of the molecule is CN1C[C@H](NC(C)(C)C)[C@@H](F)C1. The summed E-state index contributed by atoms with van der Waals surface area (Å²) in [6.07, 6.45) is -0.714. The smallest absolute Gasteiger partial charge is 0.129 e. The Morgan fingerprint density at radius 1 is 1.33 bits per heavy atom. The van der Waals surface area contributed by atoms with Crippen molar-refractivity contribution in [1.82, 2.24) is 10.2 Å². The maximum atomic E-state index is 13.3. The van der Waals surface area contributed by atoms with Crippen molar-refractivity contribution < 1.29 is 4.39 Å². The third-order valence-corrected chi connectivity index (χ3v) is 2.05. The van der Waals surface area contributed by atoms with Gasteiger partial charge in [0.1, 0.15) is 6.17 Å². The van der Waals surface area contributed by atoms with Gasteiger partial charge in [-0.2, -0.15) is 0 Å². The highest BCUT2D eigenvalue weighted by molar-refractivity contribution is 4.91. The number of nitrogens with zero attached hydrogens (tertiary/aromatic N) is 1. The van der Waals surface area contributed by atoms with Crippen LogP contribution in [0.25, 0.3) is 0 Å². The molecule has 72 valence electrons. The van der Waals surface area contributed by atoms with Crippen molar-refractivity contribution in [3.63, 3.8) is 0 Å². The minimum absolute atomic E-state index is 0.00926. The van der Waals surface area contributed by atoms with E-state index in [1.807, 2.05) is 11.9 Å². The molecule has 2 nitrogen and oxygen atoms in total. The minimum Gasteiger partial charge on any atom is -0.305 e. The molecule has 2 atom stereocenters. The summed E-state index contributed by atoms with van der Waals surface area (Å²) in [5.41, 5.74) is 0.0141. The Bertz CT molecular complexity index is 153. The summed E-state index contributed by atoms with van der Waals surface area (Å²) in [6.45, 7) is 7.58. The van der Waals surface area contributed by atoms with E-state index in [-0.39, 0.29) is 11.6 Å². The molecule has 3 heteroatoms. The maximum Gasteiger partial charge on any atom is 0.129 e. The van der Waals surface area contributed by atoms with Gasteiger partial charge in [0.05, 0.1) is 6.04 Å². The third kappa shape index (κ3) is 2.72. The second kappa shape index (κ2) is 3.30. The van der Waals surface area contributed by atoms with Gasteiger partial charge in [0.25, 0.3) is 0 Å². The molecule has 0 aromatic heterocycles. The van der Waals surface area contributed by atoms with Crippen molar-refractivity contribution in [2.24, 2.45) is 0 Å². The van der Waals surface area contributed by atoms with Crippen LogP contribution in [0, 0.1) is 0 Å². The minimum atomic E-state index is -0.714. The summed E-state index contributed by atoms with van der Waals surface area (Å²) < 4.78 is 13.3. The standard InChI is InChI=1S/C9H19FN2/c1-9(2,3)11-8-6-12(4)5-7(8)10/h7-8,11H,5-6H2,1-4H3/t7-,8-/m0/s1. The molecule has 0 amide bonds. The predicted octanol–water partition coefficient (Wildman–Crippen LogP) is 1.03. The number of likely N-dealkylation sites (tertiary alicyclic amines) is 1. The van der Waals surface area contributed by atoms with Gasteiger partial charge in [-0.05, 0) is 27.8 Å². The molecule has 1 heterocycles. The highest BCUT2D eigenvalue weighted by Crippen LogP contribution is 2.14. The zero-order valence-corrected chi connectivity index (χ0v) is 8.39. The van der Waals surface area contributed by atoms with Crippen molar-refractivity contribution in [2.75, 3.05) is 20.1 Å². The molecule has 0 aliphatic carbocycles. The van der Waals surface area contributed by atoms with Crippen LogP contribution in [0.4, 0.5) is 4.39 Å². The zero-order chi connectivity index (χ0) is 9.35. The van der Waals surface area contributed by atoms with Crippen LogP contribution in [-0.2, 0) is 0 Å². The normalized spacial score (nSPS) is 32.8. The molecule has 0 saturated carbocycles. The average molecular weight is 174 g/mol. The second-order valence-electron chi connectivity index (χ2n) is 4.74. The first-order chi connectivity index (χ1) is 5.38. The lowest BCUT2D eigenvalue weighted by Gasteiger charge is -2.26. The number of alkyl halides is 1. The predicted molar refractivity (Wildman–Crippen MR) is 49.1 cm³/mol. The van der Waals surface area contributed by atoms with E-state index in [9.17, 15) is 4.39 Å². The molecular weight excluding hydrogens is 155 g/mol. The van der Waals surface area contributed by atoms with Gasteiger partial charge in [-0.25, -0.2) is 4.39 Å². The van der Waals surface area contributed by atoms with Crippen LogP contribution in [0.15, 0.2) is 0 Å². The molecule has 0 spiro atoms. The fourth-order valence-corrected chi connectivity index (χ4v) is 1.64. The Morgan fingerprint density at radius 3 is 2.25 bits per heavy atom. The maximum absolute atomic E-state index is 13.3. The van der Waals surface area contributed by atoms with Crippen molar-refractivity contribution in [3.05, 3.63) is 0 Å². The second-order valence-corrected chi connectivity index (χ2v) is 4.74. The Hall–Kier alpha value is -0.150. The molecule has 12 heavy (non-hydrogen) atoms. The number of hydrogen-bond acceptors (Lipinski definition) is 2. The number of halogens is 1. The first kappa shape index (κ1) is 9.93. The van der Waals surface area contributed by atoms with Crippen LogP contribution in [-0.4, -0.2) is 42.8 Å². The number of nitrogens with one attached hydrogen (secondary N) is 1. The van der Waals surface area contributed by atoms with Crippen LogP contribution < -0.4 is 5.32 Å². The lowest BCUT2D eigenvalue weighted by molar-refractivity contribution is 0.256. The van der Waals surface area contributed by atoms with Crippen LogP contribution >= 0.6 is 0 Å². The quantitative estimate of drug-likeness (QED) is 0.638. The molecule has 1 N–H and O–H groups in total. The molecule has 1 aliphatic heterocycles. The lowest BCUT2D eigenvalue weighted by atomic mass is 10.1. The molecule has 1 saturated heterocycles. The number of likely N-dealkylation sites (N-methyl/N-ethyl adjacent to an activating group) is 1. The van der Waals surface area contributed by atoms with Crippen LogP contribution in [0.5, 0.6) is 0 Å². The Kier molecular flexibility index (Phi) is 2.74. The monoisotopic (exact) mass is 174 g/mol. The highest BCUT2D eigenvalue weighted by atomic mass is 19.1. The fourth-order valence-electron chi connectivity index (χ4n) is 1.64. The third-order valence-electron chi connectivity index (χ3n) is 2.05. The van der Waals surface area contributed by atoms with Crippen molar-refractivity contribution in [1.29, 1.82) is 0 Å². The Balaban J connectivity index is 2.43. The molecule has 0 bridgehead atoms. The van der Waals surface area contributed by atoms with E-state index in [1.54, 1.807) is 0 Å². The topological polar surface area (TPSA) is 15.3 Å². The van der Waals surface area contributed by atoms with Gasteiger partial charge in [0.2, 0.25) is 0 Å². The molecular formula is C9H19FN2. The molecule has 0 radical (unpaired) electrons. The van der Waals surface area contributed by atoms with Gasteiger partial charge in [-0.15, -0.1) is 0 Å². The average Bonchev–Trinajstić information content (AvgIpc) is 2.06. The fraction of sp³-hybridized carbons (Fsp3) is 1.00. The first-order valence-electron chi connectivity index (χ1n) is 4.49. The van der Waals surface area contributed by atoms with Crippen LogP contribution in [0.2, 0.25) is 0 Å². The van der Waals surface area contributed by atoms with E-state index < -0.39 is 6.17 Å². The molecule has 1 rings (SSSR count). The summed E-state index contributed by atoms with van der Waals surface area (Å²) in [5, 5.41) is 3.28. The van der Waals surface area contributed by atoms with E-state index in [0.717, 1.165) is 6.54 Å². The van der Waals surface area contributed by atoms with E-state index in [4.69, 9.17) is 0 Å². The summed E-state index contributed by atoms with van der Waals surface area (Å²) in [5.74, 6) is 0. The summed E-state index contributed by atoms with van der Waals surface area (Å²) in [7, 11) is 1.96. The van der Waals surface area contributed by atoms with E-state index in [0.29, 0.717) is 6.54 Å². The van der Waals surface area contributed by atoms with Gasteiger partial charge in [0.15, 0.2) is 0 Å². The van der Waals surface area contributed by atoms with Crippen LogP contribution in [0.1, 0.15) is 20.8 Å². The molecule has 0 aromatic rings. The number of hydrogen-bond donors (Lipinski definition) is 1. The molecule has 0 aromatic carbocycles. The summed E-state index contributed by atoms with van der Waals surface area (Å²) in [4.78, 5) is 2.02. The first-order valence-corrected chi connectivity index (χ1v) is 4.49. The van der Waals surface area contributed by atoms with E-state index in [1.165, 1.54) is 0 Å². The summed E-state index contributed by atoms with van der Waals surface area (Å²) in [6, 6.07) is 0.00926. The van der Waals surface area contributed by atoms with Crippen molar-refractivity contribution >= 4 is 0 Å². The summed E-state index contributed by atoms with van der Waals surface area (Å²) >= 11 is 0. The highest BCUT2D eigenvalue weighted by Gasteiger charge is 2.32. The Labute approximate surface area is 74.1 Å². The zero-order valence-electron chi connectivity index (χ0n) is 8.39.